The van der Waals surface area contributed by atoms with Gasteiger partial charge < -0.3 is 5.73 Å². The molecule has 0 aliphatic rings. The van der Waals surface area contributed by atoms with Crippen molar-refractivity contribution < 1.29 is 0 Å². The van der Waals surface area contributed by atoms with Gasteiger partial charge in [0.2, 0.25) is 0 Å². The second-order valence-corrected chi connectivity index (χ2v) is 5.13. The lowest BCUT2D eigenvalue weighted by Crippen LogP contribution is -1.86. The lowest BCUT2D eigenvalue weighted by atomic mass is 10.1. The molecule has 2 N–H and O–H groups in total. The maximum absolute atomic E-state index is 5.92. The van der Waals surface area contributed by atoms with E-state index in [-0.39, 0.29) is 0 Å². The SMILES string of the molecule is Cc1scc(N)c1-c1cccc(Br)c1. The van der Waals surface area contributed by atoms with E-state index in [2.05, 4.69) is 35.0 Å². The number of halogens is 1. The van der Waals surface area contributed by atoms with Crippen LogP contribution in [-0.4, -0.2) is 0 Å². The summed E-state index contributed by atoms with van der Waals surface area (Å²) in [4.78, 5) is 1.26. The number of nitrogen functional groups attached to an aromatic ring is 1. The first-order chi connectivity index (χ1) is 6.68. The Kier molecular flexibility index (Phi) is 2.61. The lowest BCUT2D eigenvalue weighted by Gasteiger charge is -2.02. The van der Waals surface area contributed by atoms with Crippen molar-refractivity contribution in [3.05, 3.63) is 39.0 Å². The summed E-state index contributed by atoms with van der Waals surface area (Å²) < 4.78 is 1.08. The summed E-state index contributed by atoms with van der Waals surface area (Å²) in [6, 6.07) is 8.21. The highest BCUT2D eigenvalue weighted by Gasteiger charge is 2.07. The molecule has 0 radical (unpaired) electrons. The van der Waals surface area contributed by atoms with E-state index < -0.39 is 0 Å². The molecular formula is C11H10BrNS. The normalized spacial score (nSPS) is 10.4. The first-order valence-corrected chi connectivity index (χ1v) is 5.95. The molecule has 0 saturated heterocycles. The van der Waals surface area contributed by atoms with E-state index in [1.165, 1.54) is 10.4 Å². The van der Waals surface area contributed by atoms with Crippen molar-refractivity contribution in [2.45, 2.75) is 6.92 Å². The second-order valence-electron chi connectivity index (χ2n) is 3.13. The number of rotatable bonds is 1. The van der Waals surface area contributed by atoms with Gasteiger partial charge in [0, 0.05) is 20.3 Å². The van der Waals surface area contributed by atoms with Crippen LogP contribution in [0.5, 0.6) is 0 Å². The Labute approximate surface area is 95.7 Å². The Bertz CT molecular complexity index is 443. The van der Waals surface area contributed by atoms with Crippen molar-refractivity contribution in [2.24, 2.45) is 0 Å². The molecular weight excluding hydrogens is 258 g/mol. The summed E-state index contributed by atoms with van der Waals surface area (Å²) in [5.41, 5.74) is 9.12. The quantitative estimate of drug-likeness (QED) is 0.829. The second kappa shape index (κ2) is 3.75. The van der Waals surface area contributed by atoms with Crippen molar-refractivity contribution in [3.8, 4) is 11.1 Å². The van der Waals surface area contributed by atoms with Crippen LogP contribution in [0.1, 0.15) is 4.88 Å². The monoisotopic (exact) mass is 267 g/mol. The molecule has 0 aliphatic carbocycles. The fourth-order valence-electron chi connectivity index (χ4n) is 1.49. The van der Waals surface area contributed by atoms with Crippen molar-refractivity contribution >= 4 is 33.0 Å². The Hall–Kier alpha value is -0.800. The molecule has 2 aromatic rings. The minimum atomic E-state index is 0.866. The highest BCUT2D eigenvalue weighted by Crippen LogP contribution is 2.35. The zero-order valence-corrected chi connectivity index (χ0v) is 10.2. The third-order valence-corrected chi connectivity index (χ3v) is 3.54. The van der Waals surface area contributed by atoms with Crippen molar-refractivity contribution in [1.82, 2.24) is 0 Å². The predicted octanol–water partition coefficient (Wildman–Crippen LogP) is 4.07. The topological polar surface area (TPSA) is 26.0 Å². The maximum Gasteiger partial charge on any atom is 0.0505 e. The van der Waals surface area contributed by atoms with E-state index in [0.29, 0.717) is 0 Å². The average molecular weight is 268 g/mol. The van der Waals surface area contributed by atoms with E-state index in [1.807, 2.05) is 17.5 Å². The summed E-state index contributed by atoms with van der Waals surface area (Å²) >= 11 is 5.15. The lowest BCUT2D eigenvalue weighted by molar-refractivity contribution is 1.56. The fourth-order valence-corrected chi connectivity index (χ4v) is 2.66. The minimum absolute atomic E-state index is 0.866. The molecule has 72 valence electrons. The smallest absolute Gasteiger partial charge is 0.0505 e. The molecule has 0 unspecified atom stereocenters. The first-order valence-electron chi connectivity index (χ1n) is 4.28. The molecule has 0 atom stereocenters. The zero-order chi connectivity index (χ0) is 10.1. The fraction of sp³-hybridized carbons (Fsp3) is 0.0909. The van der Waals surface area contributed by atoms with Gasteiger partial charge in [-0.3, -0.25) is 0 Å². The van der Waals surface area contributed by atoms with Crippen LogP contribution in [0.25, 0.3) is 11.1 Å². The molecule has 1 aromatic heterocycles. The third-order valence-electron chi connectivity index (χ3n) is 2.12. The molecule has 0 aliphatic heterocycles. The van der Waals surface area contributed by atoms with Crippen LogP contribution in [0.15, 0.2) is 34.1 Å². The average Bonchev–Trinajstić information content (AvgIpc) is 2.46. The van der Waals surface area contributed by atoms with Crippen molar-refractivity contribution in [3.63, 3.8) is 0 Å². The molecule has 1 heterocycles. The number of anilines is 1. The Morgan fingerprint density at radius 2 is 2.14 bits per heavy atom. The molecule has 0 fully saturated rings. The summed E-state index contributed by atoms with van der Waals surface area (Å²) in [5, 5.41) is 1.99. The number of aryl methyl sites for hydroxylation is 1. The van der Waals surface area contributed by atoms with E-state index in [0.717, 1.165) is 15.7 Å². The molecule has 2 rings (SSSR count). The molecule has 0 bridgehead atoms. The minimum Gasteiger partial charge on any atom is -0.398 e. The Morgan fingerprint density at radius 3 is 2.71 bits per heavy atom. The van der Waals surface area contributed by atoms with Crippen molar-refractivity contribution in [2.75, 3.05) is 5.73 Å². The standard InChI is InChI=1S/C11H10BrNS/c1-7-11(10(13)6-14-7)8-3-2-4-9(12)5-8/h2-6H,13H2,1H3. The summed E-state index contributed by atoms with van der Waals surface area (Å²) in [7, 11) is 0. The van der Waals surface area contributed by atoms with Crippen LogP contribution in [0.3, 0.4) is 0 Å². The number of benzene rings is 1. The molecule has 14 heavy (non-hydrogen) atoms. The molecule has 0 amide bonds. The highest BCUT2D eigenvalue weighted by molar-refractivity contribution is 9.10. The van der Waals surface area contributed by atoms with Gasteiger partial charge >= 0.3 is 0 Å². The van der Waals surface area contributed by atoms with E-state index in [4.69, 9.17) is 5.73 Å². The molecule has 3 heteroatoms. The zero-order valence-electron chi connectivity index (χ0n) is 7.75. The Morgan fingerprint density at radius 1 is 1.36 bits per heavy atom. The van der Waals surface area contributed by atoms with E-state index in [9.17, 15) is 0 Å². The van der Waals surface area contributed by atoms with Gasteiger partial charge in [0.15, 0.2) is 0 Å². The molecule has 1 aromatic carbocycles. The highest BCUT2D eigenvalue weighted by atomic mass is 79.9. The van der Waals surface area contributed by atoms with Crippen LogP contribution in [-0.2, 0) is 0 Å². The number of thiophene rings is 1. The number of hydrogen-bond acceptors (Lipinski definition) is 2. The maximum atomic E-state index is 5.92. The van der Waals surface area contributed by atoms with Gasteiger partial charge in [-0.15, -0.1) is 11.3 Å². The summed E-state index contributed by atoms with van der Waals surface area (Å²) in [5.74, 6) is 0. The van der Waals surface area contributed by atoms with Gasteiger partial charge in [0.1, 0.15) is 0 Å². The number of hydrogen-bond donors (Lipinski definition) is 1. The molecule has 1 nitrogen and oxygen atoms in total. The van der Waals surface area contributed by atoms with Crippen LogP contribution in [0, 0.1) is 6.92 Å². The van der Waals surface area contributed by atoms with E-state index >= 15 is 0 Å². The van der Waals surface area contributed by atoms with Crippen LogP contribution in [0.4, 0.5) is 5.69 Å². The first kappa shape index (κ1) is 9.74. The van der Waals surface area contributed by atoms with E-state index in [1.54, 1.807) is 11.3 Å². The summed E-state index contributed by atoms with van der Waals surface area (Å²) in [6.45, 7) is 2.09. The van der Waals surface area contributed by atoms with Crippen LogP contribution < -0.4 is 5.73 Å². The molecule has 0 spiro atoms. The third kappa shape index (κ3) is 1.70. The van der Waals surface area contributed by atoms with Gasteiger partial charge in [-0.25, -0.2) is 0 Å². The van der Waals surface area contributed by atoms with Crippen LogP contribution >= 0.6 is 27.3 Å². The van der Waals surface area contributed by atoms with Gasteiger partial charge in [0.25, 0.3) is 0 Å². The predicted molar refractivity (Wildman–Crippen MR) is 66.6 cm³/mol. The van der Waals surface area contributed by atoms with Crippen LogP contribution in [0.2, 0.25) is 0 Å². The van der Waals surface area contributed by atoms with Gasteiger partial charge in [0.05, 0.1) is 5.69 Å². The summed E-state index contributed by atoms with van der Waals surface area (Å²) in [6.07, 6.45) is 0. The van der Waals surface area contributed by atoms with Crippen molar-refractivity contribution in [1.29, 1.82) is 0 Å². The van der Waals surface area contributed by atoms with Gasteiger partial charge in [-0.2, -0.15) is 0 Å². The van der Waals surface area contributed by atoms with Gasteiger partial charge in [-0.1, -0.05) is 28.1 Å². The largest absolute Gasteiger partial charge is 0.398 e. The number of nitrogens with two attached hydrogens (primary N) is 1. The Balaban J connectivity index is 2.59. The van der Waals surface area contributed by atoms with Gasteiger partial charge in [-0.05, 0) is 24.6 Å². The molecule has 0 saturated carbocycles.